The number of hydrogen-bond donors (Lipinski definition) is 0. The summed E-state index contributed by atoms with van der Waals surface area (Å²) in [5.41, 5.74) is 4.06. The largest absolute Gasteiger partial charge is 0.370 e. The van der Waals surface area contributed by atoms with Crippen LogP contribution in [-0.4, -0.2) is 82.9 Å². The molecule has 1 spiro atoms. The Balaban J connectivity index is 0.747. The van der Waals surface area contributed by atoms with Crippen LogP contribution in [0.5, 0.6) is 0 Å². The summed E-state index contributed by atoms with van der Waals surface area (Å²) in [6, 6.07) is 15.3. The van der Waals surface area contributed by atoms with E-state index < -0.39 is 29.1 Å². The van der Waals surface area contributed by atoms with Crippen molar-refractivity contribution in [3.63, 3.8) is 0 Å². The molecule has 0 radical (unpaired) electrons. The number of rotatable bonds is 6. The molecule has 5 aliphatic heterocycles. The van der Waals surface area contributed by atoms with Crippen molar-refractivity contribution in [3.8, 4) is 5.69 Å². The molecular weight excluding hydrogens is 794 g/mol. The summed E-state index contributed by atoms with van der Waals surface area (Å²) in [4.78, 5) is 62.9. The highest BCUT2D eigenvalue weighted by Crippen LogP contribution is 2.52. The molecule has 0 bridgehead atoms. The second kappa shape index (κ2) is 14.1. The lowest BCUT2D eigenvalue weighted by Crippen LogP contribution is -2.61. The minimum absolute atomic E-state index is 0.0753. The topological polar surface area (TPSA) is 99.1 Å². The highest BCUT2D eigenvalue weighted by atomic mass is 79.9. The van der Waals surface area contributed by atoms with E-state index in [1.807, 2.05) is 17.0 Å². The number of amides is 3. The number of piperidine rings is 2. The van der Waals surface area contributed by atoms with E-state index in [9.17, 15) is 19.2 Å². The minimum Gasteiger partial charge on any atom is -0.370 e. The maximum Gasteiger partial charge on any atom is 0.281 e. The molecule has 10 rings (SSSR count). The zero-order valence-corrected chi connectivity index (χ0v) is 33.4. The fourth-order valence-corrected chi connectivity index (χ4v) is 11.2. The molecule has 6 aliphatic rings. The summed E-state index contributed by atoms with van der Waals surface area (Å²) in [6.45, 7) is 5.13. The van der Waals surface area contributed by atoms with Crippen LogP contribution in [0.15, 0.2) is 57.8 Å². The van der Waals surface area contributed by atoms with Crippen molar-refractivity contribution in [1.29, 1.82) is 0 Å². The number of hydrogen-bond acceptors (Lipinski definition) is 7. The van der Waals surface area contributed by atoms with Gasteiger partial charge in [0.1, 0.15) is 11.5 Å². The summed E-state index contributed by atoms with van der Waals surface area (Å²) in [5, 5.41) is 0.632. The Morgan fingerprint density at radius 3 is 2.26 bits per heavy atom. The maximum absolute atomic E-state index is 15.1. The second-order valence-corrected chi connectivity index (χ2v) is 18.0. The van der Waals surface area contributed by atoms with E-state index in [1.54, 1.807) is 4.90 Å². The Labute approximate surface area is 337 Å². The Kier molecular flexibility index (Phi) is 9.12. The Hall–Kier alpha value is -4.49. The number of aromatic nitrogens is 2. The first-order valence-electron chi connectivity index (χ1n) is 20.6. The molecule has 5 fully saturated rings. The number of benzene rings is 3. The number of anilines is 2. The molecule has 1 aromatic heterocycles. The third kappa shape index (κ3) is 6.05. The van der Waals surface area contributed by atoms with Gasteiger partial charge in [-0.1, -0.05) is 37.5 Å². The van der Waals surface area contributed by atoms with Crippen LogP contribution in [-0.2, 0) is 19.8 Å². The van der Waals surface area contributed by atoms with E-state index in [4.69, 9.17) is 4.98 Å². The van der Waals surface area contributed by atoms with Gasteiger partial charge in [0.2, 0.25) is 17.7 Å². The molecule has 0 atom stereocenters. The normalized spacial score (nSPS) is 21.6. The van der Waals surface area contributed by atoms with Crippen molar-refractivity contribution in [3.05, 3.63) is 91.9 Å². The van der Waals surface area contributed by atoms with Crippen LogP contribution in [0.3, 0.4) is 0 Å². The van der Waals surface area contributed by atoms with E-state index in [2.05, 4.69) is 49.7 Å². The van der Waals surface area contributed by atoms with Crippen LogP contribution >= 0.6 is 15.9 Å². The van der Waals surface area contributed by atoms with E-state index >= 15 is 8.78 Å². The zero-order valence-electron chi connectivity index (χ0n) is 31.8. The van der Waals surface area contributed by atoms with Gasteiger partial charge in [0.15, 0.2) is 11.6 Å². The average Bonchev–Trinajstić information content (AvgIpc) is 3.41. The van der Waals surface area contributed by atoms with Crippen molar-refractivity contribution >= 4 is 55.9 Å². The first kappa shape index (κ1) is 36.8. The molecule has 4 saturated heterocycles. The predicted octanol–water partition coefficient (Wildman–Crippen LogP) is 6.81. The monoisotopic (exact) mass is 838 g/mol. The molecule has 13 heteroatoms. The van der Waals surface area contributed by atoms with Crippen molar-refractivity contribution in [2.24, 2.45) is 11.8 Å². The van der Waals surface area contributed by atoms with Crippen LogP contribution in [0.4, 0.5) is 20.2 Å². The summed E-state index contributed by atoms with van der Waals surface area (Å²) < 4.78 is 33.2. The van der Waals surface area contributed by atoms with Crippen LogP contribution < -0.4 is 15.4 Å². The fourth-order valence-electron chi connectivity index (χ4n) is 10.7. The third-order valence-corrected chi connectivity index (χ3v) is 14.4. The van der Waals surface area contributed by atoms with E-state index in [1.165, 1.54) is 23.2 Å². The lowest BCUT2D eigenvalue weighted by atomic mass is 9.69. The van der Waals surface area contributed by atoms with Crippen LogP contribution in [0.1, 0.15) is 87.1 Å². The van der Waals surface area contributed by atoms with Gasteiger partial charge >= 0.3 is 0 Å². The molecule has 4 aromatic rings. The number of imide groups is 1. The quantitative estimate of drug-likeness (QED) is 0.197. The highest BCUT2D eigenvalue weighted by molar-refractivity contribution is 9.10. The number of carbonyl (C=O) groups excluding carboxylic acids is 3. The molecule has 1 saturated carbocycles. The molecule has 3 amide bonds. The zero-order chi connectivity index (χ0) is 39.2. The van der Waals surface area contributed by atoms with E-state index in [0.717, 1.165) is 99.2 Å². The van der Waals surface area contributed by atoms with Gasteiger partial charge in [-0.05, 0) is 109 Å². The molecule has 0 unspecified atom stereocenters. The standard InChI is InChI=1S/C44H45BrF2N6O4/c45-32-6-4-7-35-39(32)41(56)48-43-44(14-2-1-3-15-44)31-11-10-28(18-36(31)52(35)43)27-12-16-49(17-13-27)21-26-22-51(23-26)42(57)29-24-50(25-29)30-19-33(46)40(34(47)20-30)53-37(54)8-5-9-38(53)55/h4,6-7,10-11,18-20,26-27,29H,1-3,5,8-9,12-17,21-25H2. The number of nitrogens with zero attached hydrogens (tertiary/aromatic N) is 6. The van der Waals surface area contributed by atoms with Gasteiger partial charge in [0.05, 0.1) is 27.9 Å². The number of fused-ring (bicyclic) bond motifs is 7. The van der Waals surface area contributed by atoms with Crippen LogP contribution in [0.2, 0.25) is 0 Å². The molecule has 10 nitrogen and oxygen atoms in total. The summed E-state index contributed by atoms with van der Waals surface area (Å²) in [5.74, 6) is -1.49. The first-order chi connectivity index (χ1) is 27.6. The van der Waals surface area contributed by atoms with Crippen molar-refractivity contribution in [1.82, 2.24) is 19.4 Å². The molecular formula is C44H45BrF2N6O4. The van der Waals surface area contributed by atoms with E-state index in [-0.39, 0.29) is 35.6 Å². The van der Waals surface area contributed by atoms with Gasteiger partial charge in [-0.2, -0.15) is 4.98 Å². The Morgan fingerprint density at radius 1 is 0.860 bits per heavy atom. The average molecular weight is 840 g/mol. The molecule has 3 aromatic carbocycles. The molecule has 0 N–H and O–H groups in total. The molecule has 57 heavy (non-hydrogen) atoms. The van der Waals surface area contributed by atoms with Crippen LogP contribution in [0, 0.1) is 23.5 Å². The van der Waals surface area contributed by atoms with E-state index in [0.29, 0.717) is 47.3 Å². The fraction of sp³-hybridized carbons (Fsp3) is 0.477. The van der Waals surface area contributed by atoms with Crippen molar-refractivity contribution in [2.75, 3.05) is 55.6 Å². The first-order valence-corrected chi connectivity index (χ1v) is 21.4. The lowest BCUT2D eigenvalue weighted by molar-refractivity contribution is -0.143. The Morgan fingerprint density at radius 2 is 1.56 bits per heavy atom. The predicted molar refractivity (Wildman–Crippen MR) is 216 cm³/mol. The van der Waals surface area contributed by atoms with Gasteiger partial charge in [0.25, 0.3) is 5.56 Å². The number of likely N-dealkylation sites (tertiary alicyclic amines) is 2. The number of halogens is 3. The smallest absolute Gasteiger partial charge is 0.281 e. The third-order valence-electron chi connectivity index (χ3n) is 13.7. The van der Waals surface area contributed by atoms with Gasteiger partial charge in [0, 0.05) is 61.6 Å². The molecule has 6 heterocycles. The van der Waals surface area contributed by atoms with Crippen molar-refractivity contribution < 1.29 is 23.2 Å². The Bertz CT molecular complexity index is 2350. The summed E-state index contributed by atoms with van der Waals surface area (Å²) in [6.07, 6.45) is 8.16. The second-order valence-electron chi connectivity index (χ2n) is 17.1. The lowest BCUT2D eigenvalue weighted by Gasteiger charge is -2.48. The highest BCUT2D eigenvalue weighted by Gasteiger charge is 2.47. The maximum atomic E-state index is 15.1. The van der Waals surface area contributed by atoms with Gasteiger partial charge < -0.3 is 14.7 Å². The molecule has 296 valence electrons. The van der Waals surface area contributed by atoms with Crippen molar-refractivity contribution in [2.45, 2.75) is 75.5 Å². The summed E-state index contributed by atoms with van der Waals surface area (Å²) >= 11 is 3.63. The van der Waals surface area contributed by atoms with Gasteiger partial charge in [-0.25, -0.2) is 13.7 Å². The SMILES string of the molecule is O=C(C1CN(c2cc(F)c(N3C(=O)CCCC3=O)c(F)c2)C1)N1CC(CN2CCC(c3ccc4c(c3)-n3c(nc(=O)c5c(Br)cccc53)C43CCCCC3)CC2)C1. The molecule has 1 aliphatic carbocycles. The minimum atomic E-state index is -0.956. The summed E-state index contributed by atoms with van der Waals surface area (Å²) in [7, 11) is 0. The van der Waals surface area contributed by atoms with Gasteiger partial charge in [-0.15, -0.1) is 0 Å². The van der Waals surface area contributed by atoms with Crippen LogP contribution in [0.25, 0.3) is 16.6 Å². The van der Waals surface area contributed by atoms with Gasteiger partial charge in [-0.3, -0.25) is 23.7 Å². The number of carbonyl (C=O) groups is 3.